The number of halogens is 2. The number of benzene rings is 1. The SMILES string of the molecule is CCCC(NC1CCc2cc(Cl)cc(F)c2C1)C(=O)O. The first-order chi connectivity index (χ1) is 9.51. The zero-order valence-corrected chi connectivity index (χ0v) is 12.2. The summed E-state index contributed by atoms with van der Waals surface area (Å²) in [7, 11) is 0. The van der Waals surface area contributed by atoms with Gasteiger partial charge in [0.15, 0.2) is 0 Å². The summed E-state index contributed by atoms with van der Waals surface area (Å²) in [5, 5.41) is 12.7. The molecule has 110 valence electrons. The molecule has 0 amide bonds. The normalized spacial score (nSPS) is 19.4. The van der Waals surface area contributed by atoms with Crippen LogP contribution in [0.5, 0.6) is 0 Å². The summed E-state index contributed by atoms with van der Waals surface area (Å²) in [4.78, 5) is 11.2. The van der Waals surface area contributed by atoms with Crippen LogP contribution in [0.2, 0.25) is 5.02 Å². The van der Waals surface area contributed by atoms with Gasteiger partial charge in [-0.3, -0.25) is 4.79 Å². The molecule has 1 aromatic rings. The molecule has 2 atom stereocenters. The third-order valence-electron chi connectivity index (χ3n) is 3.78. The van der Waals surface area contributed by atoms with E-state index in [1.54, 1.807) is 6.07 Å². The van der Waals surface area contributed by atoms with Crippen LogP contribution in [0, 0.1) is 5.82 Å². The van der Waals surface area contributed by atoms with Crippen molar-refractivity contribution in [2.24, 2.45) is 0 Å². The predicted molar refractivity (Wildman–Crippen MR) is 76.7 cm³/mol. The minimum absolute atomic E-state index is 0.00539. The van der Waals surface area contributed by atoms with Crippen LogP contribution in [-0.2, 0) is 17.6 Å². The molecule has 0 heterocycles. The van der Waals surface area contributed by atoms with Crippen LogP contribution < -0.4 is 5.32 Å². The summed E-state index contributed by atoms with van der Waals surface area (Å²) >= 11 is 5.85. The third-order valence-corrected chi connectivity index (χ3v) is 4.00. The standard InChI is InChI=1S/C15H19ClFNO2/c1-2-3-14(15(19)20)18-11-5-4-9-6-10(16)7-13(17)12(9)8-11/h6-7,11,14,18H,2-5,8H2,1H3,(H,19,20). The van der Waals surface area contributed by atoms with Gasteiger partial charge in [0.05, 0.1) is 0 Å². The lowest BCUT2D eigenvalue weighted by Crippen LogP contribution is -2.45. The number of carbonyl (C=O) groups is 1. The number of carboxylic acids is 1. The van der Waals surface area contributed by atoms with Crippen LogP contribution >= 0.6 is 11.6 Å². The molecule has 1 aliphatic carbocycles. The molecule has 1 aromatic carbocycles. The monoisotopic (exact) mass is 299 g/mol. The lowest BCUT2D eigenvalue weighted by Gasteiger charge is -2.28. The molecule has 0 aliphatic heterocycles. The van der Waals surface area contributed by atoms with Crippen LogP contribution in [0.25, 0.3) is 0 Å². The molecule has 0 spiro atoms. The van der Waals surface area contributed by atoms with Crippen LogP contribution in [0.1, 0.15) is 37.3 Å². The predicted octanol–water partition coefficient (Wildman–Crippen LogP) is 3.18. The van der Waals surface area contributed by atoms with E-state index in [1.165, 1.54) is 6.07 Å². The number of nitrogens with one attached hydrogen (secondary N) is 1. The molecule has 0 bridgehead atoms. The van der Waals surface area contributed by atoms with E-state index in [1.807, 2.05) is 6.92 Å². The van der Waals surface area contributed by atoms with E-state index in [0.29, 0.717) is 23.4 Å². The number of fused-ring (bicyclic) bond motifs is 1. The van der Waals surface area contributed by atoms with E-state index in [9.17, 15) is 9.18 Å². The van der Waals surface area contributed by atoms with E-state index in [0.717, 1.165) is 24.8 Å². The van der Waals surface area contributed by atoms with Gasteiger partial charge >= 0.3 is 5.97 Å². The second-order valence-corrected chi connectivity index (χ2v) is 5.75. The Morgan fingerprint density at radius 2 is 2.35 bits per heavy atom. The van der Waals surface area contributed by atoms with Gasteiger partial charge < -0.3 is 10.4 Å². The van der Waals surface area contributed by atoms with Gasteiger partial charge in [0.1, 0.15) is 11.9 Å². The Hall–Kier alpha value is -1.13. The Bertz CT molecular complexity index is 507. The molecule has 0 aromatic heterocycles. The van der Waals surface area contributed by atoms with Crippen molar-refractivity contribution in [3.05, 3.63) is 34.1 Å². The first-order valence-electron chi connectivity index (χ1n) is 6.97. The topological polar surface area (TPSA) is 49.3 Å². The summed E-state index contributed by atoms with van der Waals surface area (Å²) in [6, 6.07) is 2.58. The van der Waals surface area contributed by atoms with Crippen molar-refractivity contribution in [3.63, 3.8) is 0 Å². The summed E-state index contributed by atoms with van der Waals surface area (Å²) < 4.78 is 13.9. The highest BCUT2D eigenvalue weighted by atomic mass is 35.5. The van der Waals surface area contributed by atoms with Crippen molar-refractivity contribution in [1.82, 2.24) is 5.32 Å². The minimum Gasteiger partial charge on any atom is -0.480 e. The van der Waals surface area contributed by atoms with Gasteiger partial charge in [0.2, 0.25) is 0 Å². The first kappa shape index (κ1) is 15.3. The number of aliphatic carboxylic acids is 1. The molecule has 2 N–H and O–H groups in total. The van der Waals surface area contributed by atoms with Crippen LogP contribution in [0.15, 0.2) is 12.1 Å². The van der Waals surface area contributed by atoms with Gasteiger partial charge in [-0.2, -0.15) is 0 Å². The molecular formula is C15H19ClFNO2. The molecular weight excluding hydrogens is 281 g/mol. The molecule has 0 saturated carbocycles. The van der Waals surface area contributed by atoms with Gasteiger partial charge in [-0.05, 0) is 48.9 Å². The Balaban J connectivity index is 2.09. The highest BCUT2D eigenvalue weighted by Crippen LogP contribution is 2.27. The summed E-state index contributed by atoms with van der Waals surface area (Å²) in [5.74, 6) is -1.13. The average molecular weight is 300 g/mol. The number of hydrogen-bond donors (Lipinski definition) is 2. The fourth-order valence-corrected chi connectivity index (χ4v) is 3.01. The first-order valence-corrected chi connectivity index (χ1v) is 7.34. The average Bonchev–Trinajstić information content (AvgIpc) is 2.38. The van der Waals surface area contributed by atoms with Crippen molar-refractivity contribution in [1.29, 1.82) is 0 Å². The second kappa shape index (κ2) is 6.55. The molecule has 0 saturated heterocycles. The fourth-order valence-electron chi connectivity index (χ4n) is 2.78. The second-order valence-electron chi connectivity index (χ2n) is 5.31. The fraction of sp³-hybridized carbons (Fsp3) is 0.533. The molecule has 2 rings (SSSR count). The summed E-state index contributed by atoms with van der Waals surface area (Å²) in [6.45, 7) is 1.95. The van der Waals surface area contributed by atoms with Gasteiger partial charge in [0, 0.05) is 11.1 Å². The van der Waals surface area contributed by atoms with Gasteiger partial charge in [0.25, 0.3) is 0 Å². The Kier molecular flexibility index (Phi) is 5.00. The summed E-state index contributed by atoms with van der Waals surface area (Å²) in [6.07, 6.45) is 3.44. The van der Waals surface area contributed by atoms with Crippen LogP contribution in [0.3, 0.4) is 0 Å². The van der Waals surface area contributed by atoms with E-state index >= 15 is 0 Å². The largest absolute Gasteiger partial charge is 0.480 e. The van der Waals surface area contributed by atoms with E-state index < -0.39 is 12.0 Å². The Morgan fingerprint density at radius 1 is 1.60 bits per heavy atom. The number of carboxylic acid groups (broad SMARTS) is 1. The van der Waals surface area contributed by atoms with Crippen molar-refractivity contribution < 1.29 is 14.3 Å². The number of aryl methyl sites for hydroxylation is 1. The van der Waals surface area contributed by atoms with Crippen molar-refractivity contribution in [3.8, 4) is 0 Å². The van der Waals surface area contributed by atoms with Crippen LogP contribution in [0.4, 0.5) is 4.39 Å². The lowest BCUT2D eigenvalue weighted by molar-refractivity contribution is -0.139. The van der Waals surface area contributed by atoms with Gasteiger partial charge in [-0.25, -0.2) is 4.39 Å². The van der Waals surface area contributed by atoms with Crippen molar-refractivity contribution >= 4 is 17.6 Å². The zero-order valence-electron chi connectivity index (χ0n) is 11.5. The Labute approximate surface area is 123 Å². The van der Waals surface area contributed by atoms with E-state index in [2.05, 4.69) is 5.32 Å². The highest BCUT2D eigenvalue weighted by Gasteiger charge is 2.26. The summed E-state index contributed by atoms with van der Waals surface area (Å²) in [5.41, 5.74) is 1.61. The van der Waals surface area contributed by atoms with Crippen molar-refractivity contribution in [2.75, 3.05) is 0 Å². The van der Waals surface area contributed by atoms with Crippen LogP contribution in [-0.4, -0.2) is 23.2 Å². The number of rotatable bonds is 5. The number of hydrogen-bond acceptors (Lipinski definition) is 2. The molecule has 20 heavy (non-hydrogen) atoms. The maximum atomic E-state index is 13.9. The minimum atomic E-state index is -0.839. The van der Waals surface area contributed by atoms with Gasteiger partial charge in [-0.15, -0.1) is 0 Å². The molecule has 5 heteroatoms. The quantitative estimate of drug-likeness (QED) is 0.878. The molecule has 3 nitrogen and oxygen atoms in total. The molecule has 1 aliphatic rings. The van der Waals surface area contributed by atoms with Crippen molar-refractivity contribution in [2.45, 2.75) is 51.1 Å². The molecule has 0 fully saturated rings. The zero-order chi connectivity index (χ0) is 14.7. The maximum Gasteiger partial charge on any atom is 0.320 e. The maximum absolute atomic E-state index is 13.9. The van der Waals surface area contributed by atoms with E-state index in [-0.39, 0.29) is 11.9 Å². The molecule has 2 unspecified atom stereocenters. The molecule has 0 radical (unpaired) electrons. The Morgan fingerprint density at radius 3 is 3.00 bits per heavy atom. The third kappa shape index (κ3) is 3.49. The highest BCUT2D eigenvalue weighted by molar-refractivity contribution is 6.30. The van der Waals surface area contributed by atoms with Gasteiger partial charge in [-0.1, -0.05) is 24.9 Å². The van der Waals surface area contributed by atoms with E-state index in [4.69, 9.17) is 16.7 Å². The smallest absolute Gasteiger partial charge is 0.320 e. The lowest BCUT2D eigenvalue weighted by atomic mass is 9.87.